The molecule has 2 aromatic rings. The lowest BCUT2D eigenvalue weighted by Crippen LogP contribution is -2.20. The summed E-state index contributed by atoms with van der Waals surface area (Å²) in [5.74, 6) is 0.856. The van der Waals surface area contributed by atoms with Gasteiger partial charge in [-0.1, -0.05) is 35.5 Å². The predicted molar refractivity (Wildman–Crippen MR) is 73.6 cm³/mol. The van der Waals surface area contributed by atoms with Gasteiger partial charge in [0.1, 0.15) is 0 Å². The van der Waals surface area contributed by atoms with Crippen LogP contribution in [0.2, 0.25) is 0 Å². The maximum Gasteiger partial charge on any atom is 0.150 e. The quantitative estimate of drug-likeness (QED) is 0.867. The van der Waals surface area contributed by atoms with E-state index < -0.39 is 6.10 Å². The molecule has 19 heavy (non-hydrogen) atoms. The van der Waals surface area contributed by atoms with Crippen LogP contribution in [0.1, 0.15) is 29.5 Å². The summed E-state index contributed by atoms with van der Waals surface area (Å²) in [6, 6.07) is 11.7. The Kier molecular flexibility index (Phi) is 4.71. The molecule has 0 amide bonds. The van der Waals surface area contributed by atoms with Gasteiger partial charge in [0.2, 0.25) is 0 Å². The molecule has 0 unspecified atom stereocenters. The maximum atomic E-state index is 10.1. The number of nitrogens with zero attached hydrogens (tertiary/aromatic N) is 2. The zero-order valence-electron chi connectivity index (χ0n) is 11.4. The Morgan fingerprint density at radius 3 is 2.68 bits per heavy atom. The zero-order chi connectivity index (χ0) is 13.7. The van der Waals surface area contributed by atoms with E-state index in [1.54, 1.807) is 0 Å². The van der Waals surface area contributed by atoms with E-state index in [0.717, 1.165) is 23.6 Å². The topological polar surface area (TPSA) is 49.5 Å². The van der Waals surface area contributed by atoms with Gasteiger partial charge in [-0.2, -0.15) is 0 Å². The fraction of sp³-hybridized carbons (Fsp3) is 0.400. The molecule has 0 fully saturated rings. The number of hydrogen-bond donors (Lipinski definition) is 1. The van der Waals surface area contributed by atoms with E-state index in [-0.39, 0.29) is 0 Å². The van der Waals surface area contributed by atoms with Crippen molar-refractivity contribution in [3.63, 3.8) is 0 Å². The molecule has 2 rings (SSSR count). The molecule has 0 spiro atoms. The highest BCUT2D eigenvalue weighted by atomic mass is 16.5. The summed E-state index contributed by atoms with van der Waals surface area (Å²) in [5, 5.41) is 13.9. The van der Waals surface area contributed by atoms with Crippen molar-refractivity contribution in [1.29, 1.82) is 0 Å². The first kappa shape index (κ1) is 13.8. The number of aliphatic hydroxyl groups excluding tert-OH is 1. The molecular formula is C15H20N2O2. The second-order valence-electron chi connectivity index (χ2n) is 4.89. The number of aryl methyl sites for hydroxylation is 1. The molecule has 0 aliphatic rings. The van der Waals surface area contributed by atoms with Gasteiger partial charge in [0, 0.05) is 12.6 Å². The van der Waals surface area contributed by atoms with Crippen LogP contribution in [-0.4, -0.2) is 28.8 Å². The highest BCUT2D eigenvalue weighted by Crippen LogP contribution is 2.16. The lowest BCUT2D eigenvalue weighted by atomic mass is 10.1. The van der Waals surface area contributed by atoms with Crippen molar-refractivity contribution in [2.24, 2.45) is 0 Å². The standard InChI is InChI=1S/C15H20N2O2/c1-12-10-14(19-16-12)11-17(2)9-8-15(18)13-6-4-3-5-7-13/h3-7,10,15,18H,8-9,11H2,1-2H3/t15-/m0/s1. The summed E-state index contributed by atoms with van der Waals surface area (Å²) in [5.41, 5.74) is 1.86. The van der Waals surface area contributed by atoms with Gasteiger partial charge in [-0.3, -0.25) is 4.90 Å². The molecule has 1 heterocycles. The van der Waals surface area contributed by atoms with Crippen LogP contribution in [0.15, 0.2) is 40.9 Å². The lowest BCUT2D eigenvalue weighted by Gasteiger charge is -2.17. The second kappa shape index (κ2) is 6.50. The van der Waals surface area contributed by atoms with Gasteiger partial charge in [-0.25, -0.2) is 0 Å². The minimum absolute atomic E-state index is 0.417. The first-order valence-electron chi connectivity index (χ1n) is 6.49. The Balaban J connectivity index is 1.79. The largest absolute Gasteiger partial charge is 0.388 e. The average Bonchev–Trinajstić information content (AvgIpc) is 2.82. The number of hydrogen-bond acceptors (Lipinski definition) is 4. The third-order valence-corrected chi connectivity index (χ3v) is 3.07. The smallest absolute Gasteiger partial charge is 0.150 e. The Morgan fingerprint density at radius 1 is 1.32 bits per heavy atom. The third-order valence-electron chi connectivity index (χ3n) is 3.07. The van der Waals surface area contributed by atoms with Crippen LogP contribution < -0.4 is 0 Å². The Bertz CT molecular complexity index is 496. The van der Waals surface area contributed by atoms with Gasteiger partial charge in [0.15, 0.2) is 5.76 Å². The molecule has 4 heteroatoms. The average molecular weight is 260 g/mol. The van der Waals surface area contributed by atoms with E-state index in [1.807, 2.05) is 50.4 Å². The van der Waals surface area contributed by atoms with Crippen molar-refractivity contribution in [2.75, 3.05) is 13.6 Å². The SMILES string of the molecule is Cc1cc(CN(C)CC[C@H](O)c2ccccc2)on1. The van der Waals surface area contributed by atoms with Crippen molar-refractivity contribution in [1.82, 2.24) is 10.1 Å². The van der Waals surface area contributed by atoms with Crippen molar-refractivity contribution < 1.29 is 9.63 Å². The number of benzene rings is 1. The van der Waals surface area contributed by atoms with Crippen molar-refractivity contribution in [3.05, 3.63) is 53.4 Å². The van der Waals surface area contributed by atoms with Crippen molar-refractivity contribution in [2.45, 2.75) is 26.0 Å². The summed E-state index contributed by atoms with van der Waals surface area (Å²) in [7, 11) is 2.01. The summed E-state index contributed by atoms with van der Waals surface area (Å²) < 4.78 is 5.17. The van der Waals surface area contributed by atoms with Crippen molar-refractivity contribution in [3.8, 4) is 0 Å². The number of aromatic nitrogens is 1. The van der Waals surface area contributed by atoms with Crippen molar-refractivity contribution >= 4 is 0 Å². The maximum absolute atomic E-state index is 10.1. The number of aliphatic hydroxyl groups is 1. The summed E-state index contributed by atoms with van der Waals surface area (Å²) in [6.07, 6.45) is 0.285. The first-order chi connectivity index (χ1) is 9.15. The van der Waals surface area contributed by atoms with Crippen LogP contribution in [0.25, 0.3) is 0 Å². The molecule has 0 bridgehead atoms. The fourth-order valence-corrected chi connectivity index (χ4v) is 2.02. The molecule has 0 aliphatic heterocycles. The van der Waals surface area contributed by atoms with E-state index in [4.69, 9.17) is 4.52 Å². The highest BCUT2D eigenvalue weighted by molar-refractivity contribution is 5.17. The van der Waals surface area contributed by atoms with E-state index >= 15 is 0 Å². The normalized spacial score (nSPS) is 12.8. The minimum Gasteiger partial charge on any atom is -0.388 e. The minimum atomic E-state index is -0.417. The summed E-state index contributed by atoms with van der Waals surface area (Å²) in [4.78, 5) is 2.12. The van der Waals surface area contributed by atoms with E-state index in [2.05, 4.69) is 10.1 Å². The van der Waals surface area contributed by atoms with Crippen LogP contribution >= 0.6 is 0 Å². The zero-order valence-corrected chi connectivity index (χ0v) is 11.4. The second-order valence-corrected chi connectivity index (χ2v) is 4.89. The monoisotopic (exact) mass is 260 g/mol. The molecule has 1 aromatic carbocycles. The van der Waals surface area contributed by atoms with Gasteiger partial charge in [-0.05, 0) is 26.0 Å². The Hall–Kier alpha value is -1.65. The highest BCUT2D eigenvalue weighted by Gasteiger charge is 2.10. The van der Waals surface area contributed by atoms with Gasteiger partial charge < -0.3 is 9.63 Å². The van der Waals surface area contributed by atoms with E-state index in [0.29, 0.717) is 13.0 Å². The molecule has 0 aliphatic carbocycles. The summed E-state index contributed by atoms with van der Waals surface area (Å²) in [6.45, 7) is 3.42. The van der Waals surface area contributed by atoms with Gasteiger partial charge >= 0.3 is 0 Å². The molecule has 0 saturated carbocycles. The molecule has 1 atom stereocenters. The van der Waals surface area contributed by atoms with Crippen LogP contribution in [0, 0.1) is 6.92 Å². The van der Waals surface area contributed by atoms with Crippen LogP contribution in [0.3, 0.4) is 0 Å². The van der Waals surface area contributed by atoms with Crippen LogP contribution in [0.4, 0.5) is 0 Å². The molecule has 1 N–H and O–H groups in total. The third kappa shape index (κ3) is 4.19. The molecule has 4 nitrogen and oxygen atoms in total. The number of rotatable bonds is 6. The predicted octanol–water partition coefficient (Wildman–Crippen LogP) is 2.54. The van der Waals surface area contributed by atoms with E-state index in [9.17, 15) is 5.11 Å². The van der Waals surface area contributed by atoms with Crippen LogP contribution in [-0.2, 0) is 6.54 Å². The lowest BCUT2D eigenvalue weighted by molar-refractivity contribution is 0.144. The molecular weight excluding hydrogens is 240 g/mol. The van der Waals surface area contributed by atoms with Gasteiger partial charge in [0.25, 0.3) is 0 Å². The fourth-order valence-electron chi connectivity index (χ4n) is 2.02. The summed E-state index contributed by atoms with van der Waals surface area (Å²) >= 11 is 0. The van der Waals surface area contributed by atoms with Gasteiger partial charge in [0.05, 0.1) is 18.3 Å². The Labute approximate surface area is 113 Å². The molecule has 0 radical (unpaired) electrons. The molecule has 102 valence electrons. The van der Waals surface area contributed by atoms with Crippen LogP contribution in [0.5, 0.6) is 0 Å². The molecule has 0 saturated heterocycles. The Morgan fingerprint density at radius 2 is 2.05 bits per heavy atom. The van der Waals surface area contributed by atoms with Gasteiger partial charge in [-0.15, -0.1) is 0 Å². The molecule has 1 aromatic heterocycles. The van der Waals surface area contributed by atoms with E-state index in [1.165, 1.54) is 0 Å². The first-order valence-corrected chi connectivity index (χ1v) is 6.49.